The minimum Gasteiger partial charge on any atom is -0.392 e. The van der Waals surface area contributed by atoms with Gasteiger partial charge in [0.15, 0.2) is 11.7 Å². The topological polar surface area (TPSA) is 185 Å². The molecule has 2 aromatic rings. The van der Waals surface area contributed by atoms with Gasteiger partial charge < -0.3 is 27.1 Å². The number of aliphatic hydroxyl groups is 1. The van der Waals surface area contributed by atoms with E-state index >= 15 is 0 Å². The van der Waals surface area contributed by atoms with Gasteiger partial charge in [-0.05, 0) is 42.5 Å². The van der Waals surface area contributed by atoms with Crippen LogP contribution in [0.3, 0.4) is 0 Å². The normalized spacial score (nSPS) is 16.5. The molecule has 3 rings (SSSR count). The SMILES string of the molecule is NCC1CCCN1N(CC=O)S(=O)(=O)c1c(C(=O)CCCCN=C(N)N)cc2ccccc2c1CO. The molecule has 1 fully saturated rings. The molecule has 1 atom stereocenters. The van der Waals surface area contributed by atoms with Gasteiger partial charge in [0.05, 0.1) is 13.2 Å². The first kappa shape index (κ1) is 27.7. The standard InChI is InChI=1S/C24H34N6O5S/c25-15-18-7-5-11-29(18)30(12-13-31)36(34,35)23-20(22(33)9-3-4-10-28-24(26)27)14-17-6-1-2-8-19(17)21(23)16-32/h1-2,6,8,13-14,18,32H,3-5,7,9-12,15-16,25H2,(H4,26,27,28). The third-order valence-corrected chi connectivity index (χ3v) is 8.24. The van der Waals surface area contributed by atoms with Crippen LogP contribution in [0.15, 0.2) is 40.2 Å². The molecule has 2 aromatic carbocycles. The number of ketones is 1. The van der Waals surface area contributed by atoms with E-state index in [1.165, 1.54) is 0 Å². The minimum absolute atomic E-state index is 0.0148. The van der Waals surface area contributed by atoms with Crippen molar-refractivity contribution in [1.29, 1.82) is 0 Å². The fourth-order valence-electron chi connectivity index (χ4n) is 4.67. The van der Waals surface area contributed by atoms with Crippen molar-refractivity contribution >= 4 is 38.8 Å². The Kier molecular flexibility index (Phi) is 9.51. The van der Waals surface area contributed by atoms with Crippen molar-refractivity contribution in [1.82, 2.24) is 9.42 Å². The maximum Gasteiger partial charge on any atom is 0.257 e. The van der Waals surface area contributed by atoms with E-state index in [4.69, 9.17) is 17.2 Å². The van der Waals surface area contributed by atoms with E-state index in [9.17, 15) is 23.1 Å². The molecule has 0 spiro atoms. The van der Waals surface area contributed by atoms with Crippen LogP contribution >= 0.6 is 0 Å². The molecule has 36 heavy (non-hydrogen) atoms. The Morgan fingerprint density at radius 1 is 1.25 bits per heavy atom. The second-order valence-corrected chi connectivity index (χ2v) is 10.4. The molecular formula is C24H34N6O5S. The number of hydrogen-bond donors (Lipinski definition) is 4. The molecular weight excluding hydrogens is 484 g/mol. The van der Waals surface area contributed by atoms with Gasteiger partial charge in [-0.3, -0.25) is 9.79 Å². The van der Waals surface area contributed by atoms with Crippen molar-refractivity contribution in [3.8, 4) is 0 Å². The number of Topliss-reactive ketones (excluding diaryl/α,β-unsaturated/α-hetero) is 1. The van der Waals surface area contributed by atoms with Crippen molar-refractivity contribution in [3.63, 3.8) is 0 Å². The maximum absolute atomic E-state index is 14.1. The predicted octanol–water partition coefficient (Wildman–Crippen LogP) is 0.486. The monoisotopic (exact) mass is 518 g/mol. The Bertz CT molecular complexity index is 1230. The molecule has 1 aliphatic rings. The number of aldehydes is 1. The number of nitrogens with two attached hydrogens (primary N) is 3. The van der Waals surface area contributed by atoms with Crippen molar-refractivity contribution in [3.05, 3.63) is 41.5 Å². The summed E-state index contributed by atoms with van der Waals surface area (Å²) >= 11 is 0. The Morgan fingerprint density at radius 3 is 2.67 bits per heavy atom. The van der Waals surface area contributed by atoms with Gasteiger partial charge in [0.1, 0.15) is 11.2 Å². The summed E-state index contributed by atoms with van der Waals surface area (Å²) in [4.78, 5) is 28.6. The van der Waals surface area contributed by atoms with Crippen LogP contribution in [0.1, 0.15) is 48.0 Å². The summed E-state index contributed by atoms with van der Waals surface area (Å²) in [6.07, 6.45) is 2.96. The van der Waals surface area contributed by atoms with Gasteiger partial charge in [0, 0.05) is 43.2 Å². The molecule has 1 aliphatic heterocycles. The lowest BCUT2D eigenvalue weighted by molar-refractivity contribution is -0.110. The number of fused-ring (bicyclic) bond motifs is 1. The van der Waals surface area contributed by atoms with Crippen molar-refractivity contribution in [2.75, 3.05) is 26.2 Å². The highest BCUT2D eigenvalue weighted by Gasteiger charge is 2.39. The van der Waals surface area contributed by atoms with Crippen LogP contribution < -0.4 is 17.2 Å². The van der Waals surface area contributed by atoms with Gasteiger partial charge in [0.25, 0.3) is 10.0 Å². The number of guanidine groups is 1. The van der Waals surface area contributed by atoms with E-state index in [2.05, 4.69) is 4.99 Å². The smallest absolute Gasteiger partial charge is 0.257 e. The van der Waals surface area contributed by atoms with Crippen LogP contribution in [0.5, 0.6) is 0 Å². The van der Waals surface area contributed by atoms with E-state index in [0.717, 1.165) is 10.8 Å². The van der Waals surface area contributed by atoms with Crippen molar-refractivity contribution in [2.45, 2.75) is 49.6 Å². The molecule has 0 saturated carbocycles. The van der Waals surface area contributed by atoms with Crippen molar-refractivity contribution in [2.24, 2.45) is 22.2 Å². The number of sulfonamides is 1. The molecule has 1 unspecified atom stereocenters. The molecule has 11 nitrogen and oxygen atoms in total. The Morgan fingerprint density at radius 2 is 2.00 bits per heavy atom. The number of aliphatic imine (C=N–C) groups is 1. The molecule has 1 saturated heterocycles. The van der Waals surface area contributed by atoms with Crippen LogP contribution in [0.25, 0.3) is 10.8 Å². The highest BCUT2D eigenvalue weighted by Crippen LogP contribution is 2.34. The summed E-state index contributed by atoms with van der Waals surface area (Å²) in [5, 5.41) is 13.1. The van der Waals surface area contributed by atoms with E-state index < -0.39 is 23.2 Å². The minimum atomic E-state index is -4.41. The fraction of sp³-hybridized carbons (Fsp3) is 0.458. The van der Waals surface area contributed by atoms with E-state index in [1.54, 1.807) is 35.3 Å². The van der Waals surface area contributed by atoms with Gasteiger partial charge in [-0.15, -0.1) is 4.41 Å². The number of rotatable bonds is 13. The summed E-state index contributed by atoms with van der Waals surface area (Å²) in [7, 11) is -4.41. The van der Waals surface area contributed by atoms with Gasteiger partial charge in [0.2, 0.25) is 0 Å². The molecule has 196 valence electrons. The van der Waals surface area contributed by atoms with E-state index in [1.807, 2.05) is 0 Å². The highest BCUT2D eigenvalue weighted by molar-refractivity contribution is 7.89. The third-order valence-electron chi connectivity index (χ3n) is 6.34. The molecule has 1 heterocycles. The highest BCUT2D eigenvalue weighted by atomic mass is 32.2. The molecule has 0 amide bonds. The molecule has 7 N–H and O–H groups in total. The molecule has 0 radical (unpaired) electrons. The number of unbranched alkanes of at least 4 members (excludes halogenated alkanes) is 1. The first-order chi connectivity index (χ1) is 17.3. The zero-order valence-electron chi connectivity index (χ0n) is 20.2. The first-order valence-electron chi connectivity index (χ1n) is 11.9. The Balaban J connectivity index is 2.12. The number of hydrazine groups is 1. The number of hydrogen-bond acceptors (Lipinski definition) is 8. The number of carbonyl (C=O) groups is 2. The van der Waals surface area contributed by atoms with E-state index in [0.29, 0.717) is 49.4 Å². The van der Waals surface area contributed by atoms with Crippen LogP contribution in [-0.4, -0.2) is 73.2 Å². The molecule has 0 aliphatic carbocycles. The van der Waals surface area contributed by atoms with Gasteiger partial charge in [-0.25, -0.2) is 13.4 Å². The summed E-state index contributed by atoms with van der Waals surface area (Å²) in [5.74, 6) is -0.425. The molecule has 0 bridgehead atoms. The predicted molar refractivity (Wildman–Crippen MR) is 137 cm³/mol. The lowest BCUT2D eigenvalue weighted by atomic mass is 9.97. The lowest BCUT2D eigenvalue weighted by Gasteiger charge is -2.34. The Labute approximate surface area is 210 Å². The third kappa shape index (κ3) is 5.90. The summed E-state index contributed by atoms with van der Waals surface area (Å²) in [6, 6.07) is 8.25. The summed E-state index contributed by atoms with van der Waals surface area (Å²) < 4.78 is 29.3. The summed E-state index contributed by atoms with van der Waals surface area (Å²) in [6.45, 7) is -0.0520. The number of carbonyl (C=O) groups excluding carboxylic acids is 2. The van der Waals surface area contributed by atoms with Crippen molar-refractivity contribution < 1.29 is 23.1 Å². The van der Waals surface area contributed by atoms with Crippen LogP contribution in [0, 0.1) is 0 Å². The molecule has 12 heteroatoms. The Hall–Kier alpha value is -2.90. The quantitative estimate of drug-likeness (QED) is 0.0962. The zero-order chi connectivity index (χ0) is 26.3. The molecule has 0 aromatic heterocycles. The van der Waals surface area contributed by atoms with E-state index in [-0.39, 0.29) is 46.8 Å². The van der Waals surface area contributed by atoms with Crippen LogP contribution in [-0.2, 0) is 21.4 Å². The number of aliphatic hydroxyl groups excluding tert-OH is 1. The lowest BCUT2D eigenvalue weighted by Crippen LogP contribution is -2.52. The maximum atomic E-state index is 14.1. The average Bonchev–Trinajstić information content (AvgIpc) is 3.33. The second kappa shape index (κ2) is 12.4. The number of benzene rings is 2. The largest absolute Gasteiger partial charge is 0.392 e. The first-order valence-corrected chi connectivity index (χ1v) is 13.4. The average molecular weight is 519 g/mol. The second-order valence-electron chi connectivity index (χ2n) is 8.67. The zero-order valence-corrected chi connectivity index (χ0v) is 21.0. The fourth-order valence-corrected chi connectivity index (χ4v) is 6.56. The van der Waals surface area contributed by atoms with Crippen LogP contribution in [0.4, 0.5) is 0 Å². The van der Waals surface area contributed by atoms with Crippen LogP contribution in [0.2, 0.25) is 0 Å². The van der Waals surface area contributed by atoms with Gasteiger partial charge in [-0.1, -0.05) is 24.3 Å². The number of nitrogens with zero attached hydrogens (tertiary/aromatic N) is 3. The summed E-state index contributed by atoms with van der Waals surface area (Å²) in [5.41, 5.74) is 16.6. The van der Waals surface area contributed by atoms with Gasteiger partial charge >= 0.3 is 0 Å². The van der Waals surface area contributed by atoms with Gasteiger partial charge in [-0.2, -0.15) is 0 Å².